The minimum absolute atomic E-state index is 0.112. The Bertz CT molecular complexity index is 763. The zero-order chi connectivity index (χ0) is 17.5. The molecule has 3 rings (SSSR count). The molecule has 7 nitrogen and oxygen atoms in total. The van der Waals surface area contributed by atoms with Crippen LogP contribution in [0.5, 0.6) is 11.5 Å². The van der Waals surface area contributed by atoms with E-state index in [1.807, 2.05) is 39.8 Å². The highest BCUT2D eigenvalue weighted by Gasteiger charge is 2.31. The lowest BCUT2D eigenvalue weighted by atomic mass is 10.1. The van der Waals surface area contributed by atoms with Gasteiger partial charge in [-0.1, -0.05) is 0 Å². The third-order valence-corrected chi connectivity index (χ3v) is 3.84. The summed E-state index contributed by atoms with van der Waals surface area (Å²) in [6.45, 7) is 8.38. The monoisotopic (exact) mass is 330 g/mol. The molecule has 1 aliphatic heterocycles. The summed E-state index contributed by atoms with van der Waals surface area (Å²) < 4.78 is 12.8. The second-order valence-corrected chi connectivity index (χ2v) is 6.86. The number of aromatic nitrogens is 3. The number of carbonyl (C=O) groups is 1. The summed E-state index contributed by atoms with van der Waals surface area (Å²) in [6, 6.07) is 5.41. The summed E-state index contributed by atoms with van der Waals surface area (Å²) in [5.41, 5.74) is 0.440. The highest BCUT2D eigenvalue weighted by molar-refractivity contribution is 6.04. The Morgan fingerprint density at radius 1 is 1.38 bits per heavy atom. The van der Waals surface area contributed by atoms with E-state index in [0.29, 0.717) is 23.7 Å². The quantitative estimate of drug-likeness (QED) is 0.846. The molecule has 1 amide bonds. The van der Waals surface area contributed by atoms with Gasteiger partial charge < -0.3 is 9.47 Å². The second-order valence-electron chi connectivity index (χ2n) is 6.86. The largest absolute Gasteiger partial charge is 0.497 e. The number of nitrogens with zero attached hydrogens (tertiary/aromatic N) is 4. The van der Waals surface area contributed by atoms with E-state index >= 15 is 0 Å². The van der Waals surface area contributed by atoms with Crippen molar-refractivity contribution in [3.05, 3.63) is 30.4 Å². The molecule has 0 spiro atoms. The van der Waals surface area contributed by atoms with Crippen LogP contribution >= 0.6 is 0 Å². The number of amides is 1. The molecule has 128 valence electrons. The number of methoxy groups -OCH3 is 1. The molecule has 0 fully saturated rings. The van der Waals surface area contributed by atoms with Crippen LogP contribution in [-0.2, 0) is 5.54 Å². The number of carbonyl (C=O) groups excluding carboxylic acids is 1. The van der Waals surface area contributed by atoms with E-state index in [1.165, 1.54) is 0 Å². The van der Waals surface area contributed by atoms with Crippen molar-refractivity contribution in [2.45, 2.75) is 39.3 Å². The Morgan fingerprint density at radius 3 is 2.75 bits per heavy atom. The van der Waals surface area contributed by atoms with E-state index in [0.717, 1.165) is 0 Å². The minimum Gasteiger partial charge on any atom is -0.497 e. The average Bonchev–Trinajstić information content (AvgIpc) is 3.03. The summed E-state index contributed by atoms with van der Waals surface area (Å²) in [7, 11) is 1.59. The van der Waals surface area contributed by atoms with Gasteiger partial charge in [-0.25, -0.2) is 9.67 Å². The third-order valence-electron chi connectivity index (χ3n) is 3.84. The third kappa shape index (κ3) is 2.93. The Hall–Kier alpha value is -2.57. The molecular formula is C17H22N4O3. The van der Waals surface area contributed by atoms with Crippen molar-refractivity contribution in [1.29, 1.82) is 0 Å². The van der Waals surface area contributed by atoms with Gasteiger partial charge in [0.2, 0.25) is 5.82 Å². The first-order valence-corrected chi connectivity index (χ1v) is 7.88. The molecule has 1 unspecified atom stereocenters. The number of hydrogen-bond donors (Lipinski definition) is 0. The van der Waals surface area contributed by atoms with Crippen LogP contribution in [0.25, 0.3) is 0 Å². The average molecular weight is 330 g/mol. The van der Waals surface area contributed by atoms with Crippen LogP contribution in [0.1, 0.15) is 38.3 Å². The van der Waals surface area contributed by atoms with Gasteiger partial charge in [0.05, 0.1) is 24.9 Å². The van der Waals surface area contributed by atoms with Gasteiger partial charge >= 0.3 is 0 Å². The van der Waals surface area contributed by atoms with Gasteiger partial charge in [0.15, 0.2) is 0 Å². The zero-order valence-electron chi connectivity index (χ0n) is 14.6. The molecule has 0 saturated heterocycles. The van der Waals surface area contributed by atoms with Crippen LogP contribution in [0.4, 0.5) is 5.69 Å². The van der Waals surface area contributed by atoms with Crippen molar-refractivity contribution in [2.75, 3.05) is 18.6 Å². The smallest absolute Gasteiger partial charge is 0.298 e. The summed E-state index contributed by atoms with van der Waals surface area (Å²) >= 11 is 0. The van der Waals surface area contributed by atoms with Crippen molar-refractivity contribution in [3.63, 3.8) is 0 Å². The molecule has 2 heterocycles. The van der Waals surface area contributed by atoms with E-state index in [1.54, 1.807) is 29.1 Å². The predicted octanol–water partition coefficient (Wildman–Crippen LogP) is 2.47. The van der Waals surface area contributed by atoms with E-state index in [9.17, 15) is 4.79 Å². The van der Waals surface area contributed by atoms with Gasteiger partial charge in [-0.05, 0) is 39.8 Å². The van der Waals surface area contributed by atoms with Crippen LogP contribution in [0.3, 0.4) is 0 Å². The first kappa shape index (κ1) is 16.3. The Kier molecular flexibility index (Phi) is 3.95. The maximum Gasteiger partial charge on any atom is 0.298 e. The molecular weight excluding hydrogens is 308 g/mol. The fourth-order valence-corrected chi connectivity index (χ4v) is 2.54. The lowest BCUT2D eigenvalue weighted by Crippen LogP contribution is -2.42. The fourth-order valence-electron chi connectivity index (χ4n) is 2.54. The molecule has 0 N–H and O–H groups in total. The van der Waals surface area contributed by atoms with Crippen LogP contribution in [-0.4, -0.2) is 40.4 Å². The van der Waals surface area contributed by atoms with Crippen LogP contribution in [0.15, 0.2) is 24.5 Å². The van der Waals surface area contributed by atoms with Crippen molar-refractivity contribution in [2.24, 2.45) is 0 Å². The number of anilines is 1. The van der Waals surface area contributed by atoms with Gasteiger partial charge in [-0.3, -0.25) is 9.69 Å². The Morgan fingerprint density at radius 2 is 2.12 bits per heavy atom. The van der Waals surface area contributed by atoms with Gasteiger partial charge in [0.1, 0.15) is 23.9 Å². The van der Waals surface area contributed by atoms with Crippen molar-refractivity contribution < 1.29 is 14.3 Å². The molecule has 1 aromatic heterocycles. The minimum atomic E-state index is -0.248. The van der Waals surface area contributed by atoms with E-state index in [2.05, 4.69) is 10.1 Å². The zero-order valence-corrected chi connectivity index (χ0v) is 14.6. The Balaban J connectivity index is 1.97. The van der Waals surface area contributed by atoms with E-state index in [4.69, 9.17) is 9.47 Å². The van der Waals surface area contributed by atoms with Crippen molar-refractivity contribution in [3.8, 4) is 11.5 Å². The summed E-state index contributed by atoms with van der Waals surface area (Å²) in [5.74, 6) is 1.24. The molecule has 1 atom stereocenters. The normalized spacial score (nSPS) is 17.2. The number of ether oxygens (including phenoxy) is 2. The van der Waals surface area contributed by atoms with Gasteiger partial charge in [0, 0.05) is 6.07 Å². The summed E-state index contributed by atoms with van der Waals surface area (Å²) in [4.78, 5) is 18.8. The molecule has 0 bridgehead atoms. The first-order chi connectivity index (χ1) is 11.3. The molecule has 1 aromatic carbocycles. The summed E-state index contributed by atoms with van der Waals surface area (Å²) in [6.07, 6.45) is 1.48. The molecule has 0 aliphatic carbocycles. The van der Waals surface area contributed by atoms with Crippen molar-refractivity contribution >= 4 is 11.6 Å². The highest BCUT2D eigenvalue weighted by Crippen LogP contribution is 2.37. The maximum atomic E-state index is 12.9. The van der Waals surface area contributed by atoms with Gasteiger partial charge in [-0.15, -0.1) is 5.10 Å². The number of benzene rings is 1. The SMILES string of the molecule is COc1ccc2c(c1)N(C(=O)c1ncn(C(C)(C)C)n1)CC(C)O2. The van der Waals surface area contributed by atoms with Crippen molar-refractivity contribution in [1.82, 2.24) is 14.8 Å². The molecule has 2 aromatic rings. The van der Waals surface area contributed by atoms with Gasteiger partial charge in [0.25, 0.3) is 5.91 Å². The molecule has 7 heteroatoms. The van der Waals surface area contributed by atoms with Crippen LogP contribution in [0, 0.1) is 0 Å². The first-order valence-electron chi connectivity index (χ1n) is 7.88. The maximum absolute atomic E-state index is 12.9. The van der Waals surface area contributed by atoms with E-state index < -0.39 is 0 Å². The highest BCUT2D eigenvalue weighted by atomic mass is 16.5. The Labute approximate surface area is 141 Å². The lowest BCUT2D eigenvalue weighted by Gasteiger charge is -2.33. The second kappa shape index (κ2) is 5.81. The topological polar surface area (TPSA) is 69.5 Å². The van der Waals surface area contributed by atoms with E-state index in [-0.39, 0.29) is 23.4 Å². The molecule has 0 saturated carbocycles. The lowest BCUT2D eigenvalue weighted by molar-refractivity contribution is 0.0950. The predicted molar refractivity (Wildman–Crippen MR) is 89.8 cm³/mol. The molecule has 1 aliphatic rings. The number of fused-ring (bicyclic) bond motifs is 1. The molecule has 24 heavy (non-hydrogen) atoms. The van der Waals surface area contributed by atoms with Crippen LogP contribution in [0.2, 0.25) is 0 Å². The standard InChI is InChI=1S/C17H22N4O3/c1-11-9-20(13-8-12(23-5)6-7-14(13)24-11)16(22)15-18-10-21(19-15)17(2,3)4/h6-8,10-11H,9H2,1-5H3. The summed E-state index contributed by atoms with van der Waals surface area (Å²) in [5, 5.41) is 4.34. The molecule has 0 radical (unpaired) electrons. The van der Waals surface area contributed by atoms with Crippen LogP contribution < -0.4 is 14.4 Å². The number of rotatable bonds is 2. The van der Waals surface area contributed by atoms with Gasteiger partial charge in [-0.2, -0.15) is 0 Å². The number of hydrogen-bond acceptors (Lipinski definition) is 5. The fraction of sp³-hybridized carbons (Fsp3) is 0.471.